The first-order chi connectivity index (χ1) is 3.30. The van der Waals surface area contributed by atoms with Crippen LogP contribution >= 0.6 is 0 Å². The van der Waals surface area contributed by atoms with E-state index in [4.69, 9.17) is 0 Å². The second-order valence-corrected chi connectivity index (χ2v) is 2.07. The zero-order valence-corrected chi connectivity index (χ0v) is 8.98. The van der Waals surface area contributed by atoms with Crippen LogP contribution in [0.25, 0.3) is 0 Å². The smallest absolute Gasteiger partial charge is 1.00 e. The Balaban J connectivity index is 0. The fraction of sp³-hybridized carbons (Fsp3) is 0.429. The van der Waals surface area contributed by atoms with Gasteiger partial charge in [0, 0.05) is 0 Å². The van der Waals surface area contributed by atoms with Crippen molar-refractivity contribution in [2.24, 2.45) is 0 Å². The standard InChI is InChI=1S/C7H10.K.H/c1-6-4-3-5-7(6)2;;/h3-4H,5H2,1-2H3;;/q;+1;-1. The van der Waals surface area contributed by atoms with Crippen LogP contribution in [-0.2, 0) is 0 Å². The fourth-order valence-electron chi connectivity index (χ4n) is 0.716. The van der Waals surface area contributed by atoms with Crippen molar-refractivity contribution in [3.63, 3.8) is 0 Å². The average Bonchev–Trinajstić information content (AvgIpc) is 1.91. The van der Waals surface area contributed by atoms with Crippen molar-refractivity contribution in [2.75, 3.05) is 0 Å². The van der Waals surface area contributed by atoms with Crippen LogP contribution in [0.15, 0.2) is 23.3 Å². The van der Waals surface area contributed by atoms with Gasteiger partial charge in [-0.15, -0.1) is 0 Å². The molecule has 0 aromatic heterocycles. The molecule has 0 unspecified atom stereocenters. The first-order valence-corrected chi connectivity index (χ1v) is 2.63. The molecule has 0 nitrogen and oxygen atoms in total. The summed E-state index contributed by atoms with van der Waals surface area (Å²) >= 11 is 0. The summed E-state index contributed by atoms with van der Waals surface area (Å²) in [5, 5.41) is 0. The first kappa shape index (κ1) is 9.12. The van der Waals surface area contributed by atoms with Gasteiger partial charge < -0.3 is 1.43 Å². The zero-order chi connectivity index (χ0) is 5.28. The average molecular weight is 134 g/mol. The zero-order valence-electron chi connectivity index (χ0n) is 6.86. The molecule has 0 fully saturated rings. The summed E-state index contributed by atoms with van der Waals surface area (Å²) in [5.74, 6) is 0. The summed E-state index contributed by atoms with van der Waals surface area (Å²) in [6.07, 6.45) is 5.55. The molecule has 0 bridgehead atoms. The van der Waals surface area contributed by atoms with Crippen LogP contribution in [0.4, 0.5) is 0 Å². The number of rotatable bonds is 0. The predicted molar refractivity (Wildman–Crippen MR) is 33.2 cm³/mol. The fourth-order valence-corrected chi connectivity index (χ4v) is 0.716. The van der Waals surface area contributed by atoms with Gasteiger partial charge in [0.05, 0.1) is 0 Å². The molecule has 0 aliphatic heterocycles. The summed E-state index contributed by atoms with van der Waals surface area (Å²) in [4.78, 5) is 0. The Bertz CT molecular complexity index is 136. The summed E-state index contributed by atoms with van der Waals surface area (Å²) in [6, 6.07) is 0. The van der Waals surface area contributed by atoms with Gasteiger partial charge >= 0.3 is 51.4 Å². The molecule has 0 atom stereocenters. The third kappa shape index (κ3) is 2.15. The number of hydrogen-bond acceptors (Lipinski definition) is 0. The third-order valence-electron chi connectivity index (χ3n) is 1.47. The normalized spacial score (nSPS) is 16.8. The van der Waals surface area contributed by atoms with E-state index in [9.17, 15) is 0 Å². The monoisotopic (exact) mass is 134 g/mol. The molecule has 0 spiro atoms. The Morgan fingerprint density at radius 1 is 1.50 bits per heavy atom. The Hall–Kier alpha value is 1.12. The van der Waals surface area contributed by atoms with Crippen LogP contribution in [-0.4, -0.2) is 0 Å². The van der Waals surface area contributed by atoms with E-state index >= 15 is 0 Å². The molecule has 0 N–H and O–H groups in total. The summed E-state index contributed by atoms with van der Waals surface area (Å²) < 4.78 is 0. The Morgan fingerprint density at radius 3 is 2.25 bits per heavy atom. The maximum atomic E-state index is 2.20. The van der Waals surface area contributed by atoms with Gasteiger partial charge in [-0.3, -0.25) is 0 Å². The minimum absolute atomic E-state index is 0. The third-order valence-corrected chi connectivity index (χ3v) is 1.47. The van der Waals surface area contributed by atoms with Gasteiger partial charge in [0.2, 0.25) is 0 Å². The first-order valence-electron chi connectivity index (χ1n) is 2.63. The van der Waals surface area contributed by atoms with E-state index in [1.807, 2.05) is 0 Å². The molecule has 0 aromatic rings. The molecule has 1 aliphatic rings. The topological polar surface area (TPSA) is 0 Å². The van der Waals surface area contributed by atoms with Crippen molar-refractivity contribution in [1.29, 1.82) is 0 Å². The molecule has 0 saturated heterocycles. The molecule has 0 amide bonds. The van der Waals surface area contributed by atoms with Crippen LogP contribution in [0.5, 0.6) is 0 Å². The van der Waals surface area contributed by atoms with Crippen LogP contribution in [0.1, 0.15) is 21.7 Å². The van der Waals surface area contributed by atoms with Crippen molar-refractivity contribution < 1.29 is 52.8 Å². The molecule has 8 heavy (non-hydrogen) atoms. The minimum atomic E-state index is 0. The summed E-state index contributed by atoms with van der Waals surface area (Å²) in [5.41, 5.74) is 2.96. The van der Waals surface area contributed by atoms with Crippen LogP contribution in [0.3, 0.4) is 0 Å². The Labute approximate surface area is 95.0 Å². The number of hydrogen-bond donors (Lipinski definition) is 0. The second kappa shape index (κ2) is 4.02. The van der Waals surface area contributed by atoms with E-state index < -0.39 is 0 Å². The molecule has 0 heterocycles. The summed E-state index contributed by atoms with van der Waals surface area (Å²) in [7, 11) is 0. The van der Waals surface area contributed by atoms with Crippen LogP contribution in [0, 0.1) is 0 Å². The van der Waals surface area contributed by atoms with Crippen molar-refractivity contribution in [2.45, 2.75) is 20.3 Å². The van der Waals surface area contributed by atoms with E-state index in [1.54, 1.807) is 0 Å². The van der Waals surface area contributed by atoms with Crippen LogP contribution < -0.4 is 51.4 Å². The van der Waals surface area contributed by atoms with Gasteiger partial charge in [-0.25, -0.2) is 0 Å². The maximum absolute atomic E-state index is 2.20. The minimum Gasteiger partial charge on any atom is -1.00 e. The van der Waals surface area contributed by atoms with Crippen molar-refractivity contribution in [1.82, 2.24) is 0 Å². The second-order valence-electron chi connectivity index (χ2n) is 2.07. The van der Waals surface area contributed by atoms with E-state index in [-0.39, 0.29) is 52.8 Å². The van der Waals surface area contributed by atoms with Crippen molar-refractivity contribution >= 4 is 0 Å². The van der Waals surface area contributed by atoms with Crippen LogP contribution in [0.2, 0.25) is 0 Å². The van der Waals surface area contributed by atoms with E-state index in [0.29, 0.717) is 0 Å². The van der Waals surface area contributed by atoms with E-state index in [1.165, 1.54) is 17.6 Å². The Kier molecular flexibility index (Phi) is 4.58. The van der Waals surface area contributed by atoms with Gasteiger partial charge in [-0.05, 0) is 20.3 Å². The number of allylic oxidation sites excluding steroid dienone is 4. The Morgan fingerprint density at radius 2 is 2.12 bits per heavy atom. The molecule has 0 aromatic carbocycles. The maximum Gasteiger partial charge on any atom is 1.00 e. The van der Waals surface area contributed by atoms with Crippen molar-refractivity contribution in [3.8, 4) is 0 Å². The largest absolute Gasteiger partial charge is 1.00 e. The molecule has 40 valence electrons. The van der Waals surface area contributed by atoms with Gasteiger partial charge in [0.1, 0.15) is 0 Å². The van der Waals surface area contributed by atoms with Gasteiger partial charge in [0.25, 0.3) is 0 Å². The molecule has 1 heteroatoms. The molecule has 1 rings (SSSR count). The SMILES string of the molecule is CC1=C(C)CC=C1.[H-].[K+]. The van der Waals surface area contributed by atoms with E-state index in [0.717, 1.165) is 0 Å². The quantitative estimate of drug-likeness (QED) is 0.388. The van der Waals surface area contributed by atoms with Crippen molar-refractivity contribution in [3.05, 3.63) is 23.3 Å². The molecule has 1 aliphatic carbocycles. The van der Waals surface area contributed by atoms with Gasteiger partial charge in [-0.1, -0.05) is 23.3 Å². The molecular formula is C7H11K. The predicted octanol–water partition coefficient (Wildman–Crippen LogP) is -0.601. The van der Waals surface area contributed by atoms with Gasteiger partial charge in [-0.2, -0.15) is 0 Å². The summed E-state index contributed by atoms with van der Waals surface area (Å²) in [6.45, 7) is 4.33. The van der Waals surface area contributed by atoms with Gasteiger partial charge in [0.15, 0.2) is 0 Å². The molecule has 0 radical (unpaired) electrons. The molecule has 0 saturated carbocycles. The molecular weight excluding hydrogens is 123 g/mol. The van der Waals surface area contributed by atoms with E-state index in [2.05, 4.69) is 26.0 Å².